The first-order valence-electron chi connectivity index (χ1n) is 7.74. The Balaban J connectivity index is 1.82. The van der Waals surface area contributed by atoms with Crippen LogP contribution in [0.5, 0.6) is 5.75 Å². The van der Waals surface area contributed by atoms with Gasteiger partial charge in [-0.05, 0) is 41.3 Å². The van der Waals surface area contributed by atoms with E-state index in [2.05, 4.69) is 26.1 Å². The number of amides is 1. The Labute approximate surface area is 146 Å². The highest BCUT2D eigenvalue weighted by molar-refractivity contribution is 6.30. The topological polar surface area (TPSA) is 38.3 Å². The number of carbonyl (C=O) groups is 1. The number of carbonyl (C=O) groups excluding carboxylic acids is 1. The van der Waals surface area contributed by atoms with Crippen molar-refractivity contribution in [3.63, 3.8) is 0 Å². The average Bonchev–Trinajstić information content (AvgIpc) is 2.50. The summed E-state index contributed by atoms with van der Waals surface area (Å²) in [5, 5.41) is 2.78. The van der Waals surface area contributed by atoms with Gasteiger partial charge in [-0.25, -0.2) is 4.39 Å². The fourth-order valence-electron chi connectivity index (χ4n) is 2.12. The molecule has 3 nitrogen and oxygen atoms in total. The van der Waals surface area contributed by atoms with Gasteiger partial charge in [0.1, 0.15) is 11.6 Å². The van der Waals surface area contributed by atoms with E-state index < -0.39 is 5.82 Å². The van der Waals surface area contributed by atoms with Gasteiger partial charge in [-0.1, -0.05) is 44.5 Å². The Kier molecular flexibility index (Phi) is 5.84. The van der Waals surface area contributed by atoms with Crippen LogP contribution in [-0.2, 0) is 10.2 Å². The number of nitrogens with one attached hydrogen (secondary N) is 1. The molecule has 128 valence electrons. The van der Waals surface area contributed by atoms with Crippen LogP contribution in [0.15, 0.2) is 42.5 Å². The largest absolute Gasteiger partial charge is 0.493 e. The molecule has 1 N–H and O–H groups in total. The van der Waals surface area contributed by atoms with E-state index in [-0.39, 0.29) is 35.1 Å². The van der Waals surface area contributed by atoms with Crippen molar-refractivity contribution >= 4 is 23.2 Å². The molecule has 0 fully saturated rings. The lowest BCUT2D eigenvalue weighted by atomic mass is 9.87. The Bertz CT molecular complexity index is 708. The van der Waals surface area contributed by atoms with Crippen molar-refractivity contribution in [2.75, 3.05) is 11.9 Å². The number of benzene rings is 2. The number of halogens is 2. The van der Waals surface area contributed by atoms with Crippen LogP contribution in [0.3, 0.4) is 0 Å². The number of anilines is 1. The summed E-state index contributed by atoms with van der Waals surface area (Å²) in [6, 6.07) is 11.9. The summed E-state index contributed by atoms with van der Waals surface area (Å²) < 4.78 is 19.2. The monoisotopic (exact) mass is 349 g/mol. The van der Waals surface area contributed by atoms with Gasteiger partial charge < -0.3 is 10.1 Å². The molecule has 0 aromatic heterocycles. The van der Waals surface area contributed by atoms with Gasteiger partial charge in [0.15, 0.2) is 0 Å². The highest BCUT2D eigenvalue weighted by Gasteiger charge is 2.13. The fraction of sp³-hybridized carbons (Fsp3) is 0.316. The number of hydrogen-bond donors (Lipinski definition) is 1. The minimum absolute atomic E-state index is 0.0844. The quantitative estimate of drug-likeness (QED) is 0.807. The SMILES string of the molecule is CC(C)(C)c1ccc(OCCC(=O)Nc2ccc(Cl)cc2F)cc1. The smallest absolute Gasteiger partial charge is 0.227 e. The molecule has 0 saturated carbocycles. The molecule has 2 rings (SSSR count). The summed E-state index contributed by atoms with van der Waals surface area (Å²) >= 11 is 5.67. The molecule has 0 heterocycles. The van der Waals surface area contributed by atoms with Gasteiger partial charge in [-0.3, -0.25) is 4.79 Å². The maximum absolute atomic E-state index is 13.6. The van der Waals surface area contributed by atoms with E-state index in [1.165, 1.54) is 17.7 Å². The second kappa shape index (κ2) is 7.67. The summed E-state index contributed by atoms with van der Waals surface area (Å²) in [5.74, 6) is -0.175. The zero-order valence-electron chi connectivity index (χ0n) is 14.0. The van der Waals surface area contributed by atoms with Crippen LogP contribution < -0.4 is 10.1 Å². The molecule has 0 spiro atoms. The molecule has 5 heteroatoms. The first-order chi connectivity index (χ1) is 11.3. The molecule has 2 aromatic carbocycles. The maximum Gasteiger partial charge on any atom is 0.227 e. The summed E-state index contributed by atoms with van der Waals surface area (Å²) in [7, 11) is 0. The molecule has 0 saturated heterocycles. The van der Waals surface area contributed by atoms with Gasteiger partial charge in [0.05, 0.1) is 18.7 Å². The summed E-state index contributed by atoms with van der Waals surface area (Å²) in [6.45, 7) is 6.64. The predicted octanol–water partition coefficient (Wildman–Crippen LogP) is 5.18. The molecular formula is C19H21ClFNO2. The lowest BCUT2D eigenvalue weighted by molar-refractivity contribution is -0.116. The van der Waals surface area contributed by atoms with Crippen LogP contribution in [0.1, 0.15) is 32.8 Å². The lowest BCUT2D eigenvalue weighted by Gasteiger charge is -2.19. The molecule has 24 heavy (non-hydrogen) atoms. The molecule has 0 atom stereocenters. The van der Waals surface area contributed by atoms with Crippen molar-refractivity contribution in [3.8, 4) is 5.75 Å². The van der Waals surface area contributed by atoms with Crippen LogP contribution in [-0.4, -0.2) is 12.5 Å². The van der Waals surface area contributed by atoms with Crippen LogP contribution in [0.2, 0.25) is 5.02 Å². The van der Waals surface area contributed by atoms with Gasteiger partial charge in [0.25, 0.3) is 0 Å². The van der Waals surface area contributed by atoms with E-state index in [9.17, 15) is 9.18 Å². The number of hydrogen-bond acceptors (Lipinski definition) is 2. The second-order valence-electron chi connectivity index (χ2n) is 6.55. The van der Waals surface area contributed by atoms with E-state index >= 15 is 0 Å². The Morgan fingerprint density at radius 1 is 1.17 bits per heavy atom. The van der Waals surface area contributed by atoms with E-state index in [1.807, 2.05) is 24.3 Å². The van der Waals surface area contributed by atoms with Gasteiger partial charge >= 0.3 is 0 Å². The molecule has 0 unspecified atom stereocenters. The van der Waals surface area contributed by atoms with E-state index in [0.717, 1.165) is 6.07 Å². The second-order valence-corrected chi connectivity index (χ2v) is 6.98. The van der Waals surface area contributed by atoms with Crippen molar-refractivity contribution < 1.29 is 13.9 Å². The summed E-state index contributed by atoms with van der Waals surface area (Å²) in [4.78, 5) is 11.8. The zero-order valence-corrected chi connectivity index (χ0v) is 14.8. The van der Waals surface area contributed by atoms with Gasteiger partial charge in [-0.2, -0.15) is 0 Å². The van der Waals surface area contributed by atoms with E-state index in [1.54, 1.807) is 0 Å². The van der Waals surface area contributed by atoms with Crippen LogP contribution >= 0.6 is 11.6 Å². The number of rotatable bonds is 5. The lowest BCUT2D eigenvalue weighted by Crippen LogP contribution is -2.16. The predicted molar refractivity (Wildman–Crippen MR) is 95.3 cm³/mol. The van der Waals surface area contributed by atoms with Crippen molar-refractivity contribution in [3.05, 3.63) is 58.9 Å². The fourth-order valence-corrected chi connectivity index (χ4v) is 2.28. The molecule has 0 aliphatic rings. The molecule has 0 radical (unpaired) electrons. The third-order valence-electron chi connectivity index (χ3n) is 3.52. The molecular weight excluding hydrogens is 329 g/mol. The molecule has 1 amide bonds. The van der Waals surface area contributed by atoms with E-state index in [4.69, 9.17) is 16.3 Å². The first kappa shape index (κ1) is 18.3. The minimum Gasteiger partial charge on any atom is -0.493 e. The van der Waals surface area contributed by atoms with Gasteiger partial charge in [0, 0.05) is 5.02 Å². The van der Waals surface area contributed by atoms with Crippen molar-refractivity contribution in [1.82, 2.24) is 0 Å². The third kappa shape index (κ3) is 5.24. The van der Waals surface area contributed by atoms with Crippen molar-refractivity contribution in [1.29, 1.82) is 0 Å². The Morgan fingerprint density at radius 3 is 2.42 bits per heavy atom. The summed E-state index contributed by atoms with van der Waals surface area (Å²) in [6.07, 6.45) is 0.128. The zero-order chi connectivity index (χ0) is 17.7. The van der Waals surface area contributed by atoms with Crippen molar-refractivity contribution in [2.45, 2.75) is 32.6 Å². The summed E-state index contributed by atoms with van der Waals surface area (Å²) in [5.41, 5.74) is 1.41. The van der Waals surface area contributed by atoms with Crippen LogP contribution in [0.4, 0.5) is 10.1 Å². The number of ether oxygens (including phenoxy) is 1. The molecule has 2 aromatic rings. The van der Waals surface area contributed by atoms with Crippen LogP contribution in [0.25, 0.3) is 0 Å². The Hall–Kier alpha value is -2.07. The highest BCUT2D eigenvalue weighted by atomic mass is 35.5. The first-order valence-corrected chi connectivity index (χ1v) is 8.12. The third-order valence-corrected chi connectivity index (χ3v) is 3.76. The molecule has 0 bridgehead atoms. The van der Waals surface area contributed by atoms with Crippen LogP contribution in [0, 0.1) is 5.82 Å². The normalized spacial score (nSPS) is 11.2. The average molecular weight is 350 g/mol. The Morgan fingerprint density at radius 2 is 1.83 bits per heavy atom. The van der Waals surface area contributed by atoms with Gasteiger partial charge in [0.2, 0.25) is 5.91 Å². The highest BCUT2D eigenvalue weighted by Crippen LogP contribution is 2.24. The molecule has 0 aliphatic carbocycles. The van der Waals surface area contributed by atoms with Gasteiger partial charge in [-0.15, -0.1) is 0 Å². The standard InChI is InChI=1S/C19H21ClFNO2/c1-19(2,3)13-4-7-15(8-5-13)24-11-10-18(23)22-17-9-6-14(20)12-16(17)21/h4-9,12H,10-11H2,1-3H3,(H,22,23). The maximum atomic E-state index is 13.6. The molecule has 0 aliphatic heterocycles. The van der Waals surface area contributed by atoms with Crippen molar-refractivity contribution in [2.24, 2.45) is 0 Å². The van der Waals surface area contributed by atoms with E-state index in [0.29, 0.717) is 5.75 Å². The minimum atomic E-state index is -0.561.